The third-order valence-corrected chi connectivity index (χ3v) is 11.2. The molecule has 0 spiro atoms. The Morgan fingerprint density at radius 3 is 1.25 bits per heavy atom. The summed E-state index contributed by atoms with van der Waals surface area (Å²) >= 11 is 0. The lowest BCUT2D eigenvalue weighted by Crippen LogP contribution is -1.96. The molecule has 6 aliphatic rings. The van der Waals surface area contributed by atoms with Gasteiger partial charge in [0.25, 0.3) is 0 Å². The number of rotatable bonds is 15. The zero-order valence-corrected chi connectivity index (χ0v) is 20.9. The third kappa shape index (κ3) is 6.02. The van der Waals surface area contributed by atoms with Crippen LogP contribution < -0.4 is 0 Å². The number of phosphoric ester groups is 1. The maximum absolute atomic E-state index is 10.8. The molecule has 0 heterocycles. The molecule has 6 saturated carbocycles. The van der Waals surface area contributed by atoms with Crippen molar-refractivity contribution in [3.8, 4) is 0 Å². The molecular formula is C27H45O4P. The average Bonchev–Trinajstić information content (AvgIpc) is 3.55. The molecule has 12 atom stereocenters. The van der Waals surface area contributed by atoms with Gasteiger partial charge in [-0.1, -0.05) is 13.3 Å². The first-order valence-corrected chi connectivity index (χ1v) is 15.6. The van der Waals surface area contributed by atoms with Gasteiger partial charge in [0.1, 0.15) is 0 Å². The van der Waals surface area contributed by atoms with E-state index < -0.39 is 7.82 Å². The Bertz CT molecular complexity index is 735. The monoisotopic (exact) mass is 464 g/mol. The molecule has 0 aromatic carbocycles. The summed E-state index contributed by atoms with van der Waals surface area (Å²) in [6.45, 7) is 2.59. The van der Waals surface area contributed by atoms with Gasteiger partial charge in [0.15, 0.2) is 0 Å². The van der Waals surface area contributed by atoms with E-state index in [0.717, 1.165) is 71.5 Å². The first kappa shape index (κ1) is 22.6. The van der Waals surface area contributed by atoms with Gasteiger partial charge in [-0.05, 0) is 148 Å². The van der Waals surface area contributed by atoms with Gasteiger partial charge in [-0.25, -0.2) is 4.57 Å². The van der Waals surface area contributed by atoms with Crippen LogP contribution in [0.4, 0.5) is 0 Å². The maximum atomic E-state index is 10.8. The van der Waals surface area contributed by atoms with E-state index in [1.54, 1.807) is 38.5 Å². The molecule has 4 nitrogen and oxygen atoms in total. The Balaban J connectivity index is 0.792. The minimum Gasteiger partial charge on any atom is -0.303 e. The smallest absolute Gasteiger partial charge is 0.303 e. The quantitative estimate of drug-likeness (QED) is 0.266. The standard InChI is InChI=1S/C27H45O4P/c1-2-16-5-18(16)7-20-9-22(20)11-24-13-26(24)15-27-14-25(27)12-23-10-21(23)8-19-6-17(19)3-4-31-32(28,29)30/h16-27H,2-15H2,1H3,(H2,28,29,30). The summed E-state index contributed by atoms with van der Waals surface area (Å²) in [5, 5.41) is 0. The molecule has 6 fully saturated rings. The molecular weight excluding hydrogens is 419 g/mol. The van der Waals surface area contributed by atoms with Gasteiger partial charge in [-0.3, -0.25) is 4.52 Å². The zero-order valence-electron chi connectivity index (χ0n) is 20.0. The van der Waals surface area contributed by atoms with Crippen molar-refractivity contribution in [1.29, 1.82) is 0 Å². The van der Waals surface area contributed by atoms with Crippen molar-refractivity contribution in [2.45, 2.75) is 90.4 Å². The normalized spacial score (nSPS) is 50.2. The van der Waals surface area contributed by atoms with Gasteiger partial charge in [-0.15, -0.1) is 0 Å². The Hall–Kier alpha value is 0.110. The molecule has 0 aromatic heterocycles. The summed E-state index contributed by atoms with van der Waals surface area (Å²) in [7, 11) is -4.28. The van der Waals surface area contributed by atoms with Crippen LogP contribution in [-0.4, -0.2) is 16.4 Å². The van der Waals surface area contributed by atoms with Crippen LogP contribution in [0.2, 0.25) is 0 Å². The zero-order chi connectivity index (χ0) is 22.0. The molecule has 6 rings (SSSR count). The van der Waals surface area contributed by atoms with Crippen LogP contribution in [0.25, 0.3) is 0 Å². The fourth-order valence-electron chi connectivity index (χ4n) is 7.87. The first-order chi connectivity index (χ1) is 15.4. The summed E-state index contributed by atoms with van der Waals surface area (Å²) in [4.78, 5) is 17.6. The van der Waals surface area contributed by atoms with Gasteiger partial charge in [0.2, 0.25) is 0 Å². The lowest BCUT2D eigenvalue weighted by molar-refractivity contribution is 0.191. The summed E-state index contributed by atoms with van der Waals surface area (Å²) in [5.41, 5.74) is 0. The highest BCUT2D eigenvalue weighted by molar-refractivity contribution is 7.46. The molecule has 6 aliphatic carbocycles. The van der Waals surface area contributed by atoms with E-state index in [1.807, 2.05) is 0 Å². The lowest BCUT2D eigenvalue weighted by Gasteiger charge is -2.04. The van der Waals surface area contributed by atoms with Crippen molar-refractivity contribution in [2.24, 2.45) is 71.0 Å². The molecule has 0 saturated heterocycles. The molecule has 2 N–H and O–H groups in total. The molecule has 0 bridgehead atoms. The van der Waals surface area contributed by atoms with E-state index in [4.69, 9.17) is 9.79 Å². The Kier molecular flexibility index (Phi) is 6.10. The SMILES string of the molecule is CCC1CC1CC1CC1CC1CC1CC1CC1CC1CC1CC1CC1CCOP(=O)(O)O. The topological polar surface area (TPSA) is 66.8 Å². The van der Waals surface area contributed by atoms with Crippen LogP contribution in [0, 0.1) is 71.0 Å². The Labute approximate surface area is 194 Å². The largest absolute Gasteiger partial charge is 0.469 e. The van der Waals surface area contributed by atoms with Crippen LogP contribution in [0.3, 0.4) is 0 Å². The van der Waals surface area contributed by atoms with Crippen molar-refractivity contribution in [3.63, 3.8) is 0 Å². The summed E-state index contributed by atoms with van der Waals surface area (Å²) in [5.74, 6) is 12.3. The number of hydrogen-bond acceptors (Lipinski definition) is 2. The molecule has 12 unspecified atom stereocenters. The maximum Gasteiger partial charge on any atom is 0.469 e. The summed E-state index contributed by atoms with van der Waals surface area (Å²) in [6, 6.07) is 0. The molecule has 0 aromatic rings. The number of hydrogen-bond donors (Lipinski definition) is 2. The van der Waals surface area contributed by atoms with E-state index in [1.165, 1.54) is 38.5 Å². The van der Waals surface area contributed by atoms with Gasteiger partial charge in [0, 0.05) is 0 Å². The van der Waals surface area contributed by atoms with Crippen LogP contribution in [-0.2, 0) is 9.09 Å². The lowest BCUT2D eigenvalue weighted by atomic mass is 10.0. The van der Waals surface area contributed by atoms with E-state index in [-0.39, 0.29) is 6.61 Å². The minimum atomic E-state index is -4.28. The Morgan fingerprint density at radius 2 is 0.906 bits per heavy atom. The third-order valence-electron chi connectivity index (χ3n) is 10.7. The van der Waals surface area contributed by atoms with Crippen molar-refractivity contribution in [1.82, 2.24) is 0 Å². The van der Waals surface area contributed by atoms with Crippen molar-refractivity contribution >= 4 is 7.82 Å². The molecule has 5 heteroatoms. The molecule has 0 radical (unpaired) electrons. The van der Waals surface area contributed by atoms with E-state index >= 15 is 0 Å². The summed E-state index contributed by atoms with van der Waals surface area (Å²) in [6.07, 6.45) is 18.8. The Morgan fingerprint density at radius 1 is 0.594 bits per heavy atom. The van der Waals surface area contributed by atoms with E-state index in [2.05, 4.69) is 11.4 Å². The van der Waals surface area contributed by atoms with Crippen molar-refractivity contribution in [3.05, 3.63) is 0 Å². The predicted molar refractivity (Wildman–Crippen MR) is 126 cm³/mol. The average molecular weight is 465 g/mol. The fraction of sp³-hybridized carbons (Fsp3) is 1.00. The highest BCUT2D eigenvalue weighted by Gasteiger charge is 2.52. The van der Waals surface area contributed by atoms with E-state index in [0.29, 0.717) is 5.92 Å². The van der Waals surface area contributed by atoms with Gasteiger partial charge < -0.3 is 9.79 Å². The highest BCUT2D eigenvalue weighted by Crippen LogP contribution is 2.62. The van der Waals surface area contributed by atoms with Crippen LogP contribution >= 0.6 is 7.82 Å². The molecule has 182 valence electrons. The van der Waals surface area contributed by atoms with Gasteiger partial charge in [-0.2, -0.15) is 0 Å². The summed E-state index contributed by atoms with van der Waals surface area (Å²) < 4.78 is 15.4. The van der Waals surface area contributed by atoms with Crippen LogP contribution in [0.1, 0.15) is 90.4 Å². The second-order valence-electron chi connectivity index (χ2n) is 13.2. The highest BCUT2D eigenvalue weighted by atomic mass is 31.2. The molecule has 32 heavy (non-hydrogen) atoms. The fourth-order valence-corrected chi connectivity index (χ4v) is 8.21. The van der Waals surface area contributed by atoms with Gasteiger partial charge >= 0.3 is 7.82 Å². The predicted octanol–water partition coefficient (Wildman–Crippen LogP) is 6.66. The van der Waals surface area contributed by atoms with Crippen LogP contribution in [0.5, 0.6) is 0 Å². The second kappa shape index (κ2) is 8.65. The molecule has 0 amide bonds. The van der Waals surface area contributed by atoms with Crippen molar-refractivity contribution in [2.75, 3.05) is 6.61 Å². The molecule has 0 aliphatic heterocycles. The van der Waals surface area contributed by atoms with Crippen molar-refractivity contribution < 1.29 is 18.9 Å². The second-order valence-corrected chi connectivity index (χ2v) is 14.5. The van der Waals surface area contributed by atoms with Gasteiger partial charge in [0.05, 0.1) is 6.61 Å². The van der Waals surface area contributed by atoms with Crippen LogP contribution in [0.15, 0.2) is 0 Å². The van der Waals surface area contributed by atoms with E-state index in [9.17, 15) is 4.57 Å². The minimum absolute atomic E-state index is 0.215. The first-order valence-electron chi connectivity index (χ1n) is 14.1. The number of phosphoric acid groups is 1.